The van der Waals surface area contributed by atoms with Gasteiger partial charge < -0.3 is 0 Å². The number of rotatable bonds is 3. The van der Waals surface area contributed by atoms with Gasteiger partial charge in [0.2, 0.25) is 0 Å². The summed E-state index contributed by atoms with van der Waals surface area (Å²) < 4.78 is 64.9. The van der Waals surface area contributed by atoms with Gasteiger partial charge in [-0.1, -0.05) is 18.2 Å². The molecule has 0 fully saturated rings. The molecular weight excluding hydrogens is 315 g/mol. The van der Waals surface area contributed by atoms with Crippen molar-refractivity contribution in [1.82, 2.24) is 0 Å². The molecule has 0 unspecified atom stereocenters. The maximum Gasteiger partial charge on any atom is 0.416 e. The minimum atomic E-state index is -4.59. The molecule has 0 heterocycles. The van der Waals surface area contributed by atoms with Crippen LogP contribution in [0.3, 0.4) is 0 Å². The SMILES string of the molecule is Cc1ccc(C)c(NS(=O)(=O)c2cccc(C(F)(F)F)c2)c1. The van der Waals surface area contributed by atoms with E-state index in [1.54, 1.807) is 26.0 Å². The van der Waals surface area contributed by atoms with Crippen molar-refractivity contribution in [3.63, 3.8) is 0 Å². The van der Waals surface area contributed by atoms with E-state index in [4.69, 9.17) is 0 Å². The number of anilines is 1. The smallest absolute Gasteiger partial charge is 0.279 e. The molecule has 0 saturated carbocycles. The van der Waals surface area contributed by atoms with Gasteiger partial charge in [0.25, 0.3) is 10.0 Å². The Morgan fingerprint density at radius 2 is 1.68 bits per heavy atom. The van der Waals surface area contributed by atoms with Crippen LogP contribution in [0.2, 0.25) is 0 Å². The van der Waals surface area contributed by atoms with Gasteiger partial charge in [-0.3, -0.25) is 4.72 Å². The van der Waals surface area contributed by atoms with Crippen LogP contribution < -0.4 is 4.72 Å². The van der Waals surface area contributed by atoms with Crippen LogP contribution in [0.5, 0.6) is 0 Å². The third-order valence-electron chi connectivity index (χ3n) is 3.11. The molecule has 0 bridgehead atoms. The number of benzene rings is 2. The van der Waals surface area contributed by atoms with E-state index in [9.17, 15) is 21.6 Å². The highest BCUT2D eigenvalue weighted by atomic mass is 32.2. The summed E-state index contributed by atoms with van der Waals surface area (Å²) >= 11 is 0. The Balaban J connectivity index is 2.41. The number of hydrogen-bond donors (Lipinski definition) is 1. The molecule has 2 aromatic rings. The summed E-state index contributed by atoms with van der Waals surface area (Å²) in [4.78, 5) is -0.428. The van der Waals surface area contributed by atoms with Crippen LogP contribution in [0.4, 0.5) is 18.9 Å². The molecular formula is C15H14F3NO2S. The van der Waals surface area contributed by atoms with Gasteiger partial charge >= 0.3 is 6.18 Å². The predicted molar refractivity (Wildman–Crippen MR) is 78.2 cm³/mol. The quantitative estimate of drug-likeness (QED) is 0.920. The van der Waals surface area contributed by atoms with Gasteiger partial charge in [0, 0.05) is 0 Å². The van der Waals surface area contributed by atoms with Crippen LogP contribution in [0.25, 0.3) is 0 Å². The summed E-state index contributed by atoms with van der Waals surface area (Å²) in [5.74, 6) is 0. The molecule has 2 aromatic carbocycles. The van der Waals surface area contributed by atoms with Crippen molar-refractivity contribution in [3.8, 4) is 0 Å². The number of halogens is 3. The van der Waals surface area contributed by atoms with Crippen molar-refractivity contribution < 1.29 is 21.6 Å². The van der Waals surface area contributed by atoms with E-state index in [1.807, 2.05) is 6.07 Å². The van der Waals surface area contributed by atoms with Crippen molar-refractivity contribution in [2.24, 2.45) is 0 Å². The van der Waals surface area contributed by atoms with Crippen LogP contribution in [-0.2, 0) is 16.2 Å². The lowest BCUT2D eigenvalue weighted by Gasteiger charge is -2.13. The predicted octanol–water partition coefficient (Wildman–Crippen LogP) is 4.12. The zero-order chi connectivity index (χ0) is 16.5. The van der Waals surface area contributed by atoms with Gasteiger partial charge in [-0.25, -0.2) is 8.42 Å². The molecule has 0 aliphatic rings. The average molecular weight is 329 g/mol. The standard InChI is InChI=1S/C15H14F3NO2S/c1-10-6-7-11(2)14(8-10)19-22(20,21)13-5-3-4-12(9-13)15(16,17)18/h3-9,19H,1-2H3. The van der Waals surface area contributed by atoms with Gasteiger partial charge in [0.1, 0.15) is 0 Å². The summed E-state index contributed by atoms with van der Waals surface area (Å²) in [5.41, 5.74) is 0.863. The van der Waals surface area contributed by atoms with Crippen molar-refractivity contribution in [1.29, 1.82) is 0 Å². The summed E-state index contributed by atoms with van der Waals surface area (Å²) in [6, 6.07) is 8.82. The number of alkyl halides is 3. The highest BCUT2D eigenvalue weighted by Gasteiger charge is 2.31. The fraction of sp³-hybridized carbons (Fsp3) is 0.200. The maximum atomic E-state index is 12.7. The Bertz CT molecular complexity index is 799. The minimum absolute atomic E-state index is 0.345. The number of hydrogen-bond acceptors (Lipinski definition) is 2. The summed E-state index contributed by atoms with van der Waals surface area (Å²) in [5, 5.41) is 0. The monoisotopic (exact) mass is 329 g/mol. The van der Waals surface area contributed by atoms with E-state index < -0.39 is 26.7 Å². The van der Waals surface area contributed by atoms with E-state index >= 15 is 0 Å². The van der Waals surface area contributed by atoms with Crippen LogP contribution in [0.15, 0.2) is 47.4 Å². The second-order valence-electron chi connectivity index (χ2n) is 4.95. The molecule has 118 valence electrons. The molecule has 0 aromatic heterocycles. The normalized spacial score (nSPS) is 12.2. The second-order valence-corrected chi connectivity index (χ2v) is 6.63. The second kappa shape index (κ2) is 5.64. The van der Waals surface area contributed by atoms with Gasteiger partial charge in [0.15, 0.2) is 0 Å². The topological polar surface area (TPSA) is 46.2 Å². The largest absolute Gasteiger partial charge is 0.416 e. The van der Waals surface area contributed by atoms with E-state index in [1.165, 1.54) is 0 Å². The lowest BCUT2D eigenvalue weighted by molar-refractivity contribution is -0.137. The molecule has 2 rings (SSSR count). The maximum absolute atomic E-state index is 12.7. The van der Waals surface area contributed by atoms with Crippen LogP contribution in [0, 0.1) is 13.8 Å². The van der Waals surface area contributed by atoms with E-state index in [0.717, 1.165) is 23.8 Å². The van der Waals surface area contributed by atoms with Crippen LogP contribution in [-0.4, -0.2) is 8.42 Å². The third kappa shape index (κ3) is 3.59. The Labute approximate surface area is 126 Å². The Hall–Kier alpha value is -2.02. The summed E-state index contributed by atoms with van der Waals surface area (Å²) in [6.45, 7) is 3.50. The van der Waals surface area contributed by atoms with Gasteiger partial charge in [-0.15, -0.1) is 0 Å². The first-order valence-electron chi connectivity index (χ1n) is 6.37. The molecule has 1 N–H and O–H groups in total. The van der Waals surface area contributed by atoms with Crippen molar-refractivity contribution >= 4 is 15.7 Å². The van der Waals surface area contributed by atoms with Crippen molar-refractivity contribution in [2.75, 3.05) is 4.72 Å². The Kier molecular flexibility index (Phi) is 4.19. The first-order chi connectivity index (χ1) is 10.1. The van der Waals surface area contributed by atoms with Gasteiger partial charge in [-0.05, 0) is 49.2 Å². The highest BCUT2D eigenvalue weighted by Crippen LogP contribution is 2.31. The lowest BCUT2D eigenvalue weighted by Crippen LogP contribution is -2.15. The molecule has 0 radical (unpaired) electrons. The molecule has 0 spiro atoms. The lowest BCUT2D eigenvalue weighted by atomic mass is 10.1. The minimum Gasteiger partial charge on any atom is -0.279 e. The summed E-state index contributed by atoms with van der Waals surface area (Å²) in [6.07, 6.45) is -4.59. The van der Waals surface area contributed by atoms with Crippen molar-refractivity contribution in [2.45, 2.75) is 24.9 Å². The zero-order valence-corrected chi connectivity index (χ0v) is 12.7. The molecule has 0 amide bonds. The molecule has 22 heavy (non-hydrogen) atoms. The third-order valence-corrected chi connectivity index (χ3v) is 4.47. The molecule has 0 atom stereocenters. The molecule has 7 heteroatoms. The van der Waals surface area contributed by atoms with Crippen molar-refractivity contribution in [3.05, 3.63) is 59.2 Å². The highest BCUT2D eigenvalue weighted by molar-refractivity contribution is 7.92. The molecule has 3 nitrogen and oxygen atoms in total. The fourth-order valence-corrected chi connectivity index (χ4v) is 3.06. The fourth-order valence-electron chi connectivity index (χ4n) is 1.89. The molecule has 0 aliphatic carbocycles. The zero-order valence-electron chi connectivity index (χ0n) is 11.9. The summed E-state index contributed by atoms with van der Waals surface area (Å²) in [7, 11) is -4.09. The van der Waals surface area contributed by atoms with Gasteiger partial charge in [-0.2, -0.15) is 13.2 Å². The Morgan fingerprint density at radius 1 is 1.00 bits per heavy atom. The van der Waals surface area contributed by atoms with E-state index in [0.29, 0.717) is 17.3 Å². The molecule has 0 saturated heterocycles. The first kappa shape index (κ1) is 16.4. The number of sulfonamides is 1. The number of nitrogens with one attached hydrogen (secondary N) is 1. The Morgan fingerprint density at radius 3 is 2.32 bits per heavy atom. The van der Waals surface area contributed by atoms with E-state index in [2.05, 4.69) is 4.72 Å². The van der Waals surface area contributed by atoms with Crippen LogP contribution >= 0.6 is 0 Å². The molecule has 0 aliphatic heterocycles. The van der Waals surface area contributed by atoms with Gasteiger partial charge in [0.05, 0.1) is 16.1 Å². The number of aryl methyl sites for hydroxylation is 2. The van der Waals surface area contributed by atoms with Crippen LogP contribution in [0.1, 0.15) is 16.7 Å². The first-order valence-corrected chi connectivity index (χ1v) is 7.85. The average Bonchev–Trinajstić information content (AvgIpc) is 2.42. The van der Waals surface area contributed by atoms with E-state index in [-0.39, 0.29) is 0 Å².